The summed E-state index contributed by atoms with van der Waals surface area (Å²) in [5, 5.41) is 0. The largest absolute Gasteiger partial charge is 0.0991 e. The molecule has 0 fully saturated rings. The van der Waals surface area contributed by atoms with Crippen LogP contribution in [0.4, 0.5) is 0 Å². The molecule has 31 valence electrons. The maximum absolute atomic E-state index is 3.46. The first kappa shape index (κ1) is 9.84. The van der Waals surface area contributed by atoms with Gasteiger partial charge < -0.3 is 0 Å². The molecule has 0 rings (SSSR count). The Labute approximate surface area is 66.9 Å². The smallest absolute Gasteiger partial charge is 0 e. The van der Waals surface area contributed by atoms with Gasteiger partial charge in [-0.15, -0.1) is 0 Å². The van der Waals surface area contributed by atoms with Crippen LogP contribution >= 0.6 is 0 Å². The van der Waals surface area contributed by atoms with Crippen LogP contribution < -0.4 is 0 Å². The molecule has 0 heterocycles. The molecule has 0 aromatic heterocycles. The van der Waals surface area contributed by atoms with E-state index in [0.717, 1.165) is 0 Å². The zero-order chi connectivity index (χ0) is 4.12. The normalized spacial score (nSPS) is 7.50. The van der Waals surface area contributed by atoms with E-state index in [1.807, 2.05) is 19.1 Å². The fraction of sp³-hybridized carbons (Fsp3) is 0.200. The minimum Gasteiger partial charge on any atom is -0.0991 e. The van der Waals surface area contributed by atoms with Gasteiger partial charge in [0.1, 0.15) is 0 Å². The molecule has 0 aromatic carbocycles. The Kier molecular flexibility index (Phi) is 15.1. The van der Waals surface area contributed by atoms with Crippen molar-refractivity contribution in [1.29, 1.82) is 0 Å². The SMILES string of the molecule is C=CC=CC.[La]. The van der Waals surface area contributed by atoms with Gasteiger partial charge in [-0.2, -0.15) is 0 Å². The minimum absolute atomic E-state index is 0. The summed E-state index contributed by atoms with van der Waals surface area (Å²) >= 11 is 0. The van der Waals surface area contributed by atoms with Crippen molar-refractivity contribution in [3.05, 3.63) is 24.8 Å². The van der Waals surface area contributed by atoms with Crippen molar-refractivity contribution in [3.8, 4) is 0 Å². The van der Waals surface area contributed by atoms with Crippen molar-refractivity contribution in [2.45, 2.75) is 6.92 Å². The first-order chi connectivity index (χ1) is 2.41. The molecule has 0 aliphatic heterocycles. The Hall–Kier alpha value is 0.675. The number of hydrogen-bond donors (Lipinski definition) is 0. The van der Waals surface area contributed by atoms with E-state index in [-0.39, 0.29) is 35.6 Å². The predicted molar refractivity (Wildman–Crippen MR) is 25.0 cm³/mol. The van der Waals surface area contributed by atoms with Gasteiger partial charge in [0.15, 0.2) is 0 Å². The third-order valence-corrected chi connectivity index (χ3v) is 0.329. The van der Waals surface area contributed by atoms with E-state index in [1.165, 1.54) is 0 Å². The van der Waals surface area contributed by atoms with Gasteiger partial charge in [0.2, 0.25) is 0 Å². The first-order valence-corrected chi connectivity index (χ1v) is 1.65. The van der Waals surface area contributed by atoms with Gasteiger partial charge in [0, 0.05) is 35.6 Å². The van der Waals surface area contributed by atoms with E-state index in [4.69, 9.17) is 0 Å². The van der Waals surface area contributed by atoms with Crippen LogP contribution in [0.15, 0.2) is 24.8 Å². The van der Waals surface area contributed by atoms with E-state index in [1.54, 1.807) is 6.08 Å². The molecule has 0 saturated carbocycles. The molecule has 6 heavy (non-hydrogen) atoms. The fourth-order valence-electron chi connectivity index (χ4n) is 0.136. The van der Waals surface area contributed by atoms with Crippen LogP contribution in [0.2, 0.25) is 0 Å². The molecule has 0 atom stereocenters. The van der Waals surface area contributed by atoms with E-state index >= 15 is 0 Å². The predicted octanol–water partition coefficient (Wildman–Crippen LogP) is 1.75. The van der Waals surface area contributed by atoms with Gasteiger partial charge in [-0.05, 0) is 6.92 Å². The molecule has 0 bridgehead atoms. The Morgan fingerprint density at radius 3 is 2.00 bits per heavy atom. The van der Waals surface area contributed by atoms with E-state index in [2.05, 4.69) is 6.58 Å². The average Bonchev–Trinajstić information content (AvgIpc) is 1.41. The zero-order valence-electron chi connectivity index (χ0n) is 4.02. The molecule has 0 aromatic rings. The summed E-state index contributed by atoms with van der Waals surface area (Å²) in [6.45, 7) is 5.42. The Morgan fingerprint density at radius 1 is 1.50 bits per heavy atom. The number of rotatable bonds is 1. The van der Waals surface area contributed by atoms with Crippen LogP contribution in [0.1, 0.15) is 6.92 Å². The molecule has 0 aliphatic rings. The summed E-state index contributed by atoms with van der Waals surface area (Å²) in [5.74, 6) is 0. The molecule has 0 amide bonds. The molecule has 1 heteroatoms. The summed E-state index contributed by atoms with van der Waals surface area (Å²) < 4.78 is 0. The van der Waals surface area contributed by atoms with Crippen LogP contribution in [0.5, 0.6) is 0 Å². The molecule has 0 saturated heterocycles. The van der Waals surface area contributed by atoms with Crippen molar-refractivity contribution in [1.82, 2.24) is 0 Å². The molecule has 0 unspecified atom stereocenters. The molecule has 1 radical (unpaired) electrons. The van der Waals surface area contributed by atoms with Crippen LogP contribution in [-0.2, 0) is 0 Å². The second kappa shape index (κ2) is 9.18. The molecule has 0 aliphatic carbocycles. The Bertz CT molecular complexity index is 45.9. The number of allylic oxidation sites excluding steroid dienone is 3. The second-order valence-electron chi connectivity index (χ2n) is 0.761. The standard InChI is InChI=1S/C5H8.La/c1-3-5-4-2;/h3-5H,1H2,2H3;. The van der Waals surface area contributed by atoms with Gasteiger partial charge in [-0.1, -0.05) is 24.8 Å². The molecule has 0 N–H and O–H groups in total. The van der Waals surface area contributed by atoms with Crippen molar-refractivity contribution in [2.75, 3.05) is 0 Å². The second-order valence-corrected chi connectivity index (χ2v) is 0.761. The van der Waals surface area contributed by atoms with Gasteiger partial charge in [0.25, 0.3) is 0 Å². The maximum atomic E-state index is 3.46. The van der Waals surface area contributed by atoms with Crippen LogP contribution in [0, 0.1) is 35.6 Å². The van der Waals surface area contributed by atoms with Gasteiger partial charge in [-0.25, -0.2) is 0 Å². The van der Waals surface area contributed by atoms with Gasteiger partial charge in [-0.3, -0.25) is 0 Å². The van der Waals surface area contributed by atoms with Crippen molar-refractivity contribution in [2.24, 2.45) is 0 Å². The van der Waals surface area contributed by atoms with Crippen LogP contribution in [-0.4, -0.2) is 0 Å². The van der Waals surface area contributed by atoms with Crippen molar-refractivity contribution < 1.29 is 35.6 Å². The van der Waals surface area contributed by atoms with E-state index in [9.17, 15) is 0 Å². The zero-order valence-corrected chi connectivity index (χ0v) is 7.64. The maximum Gasteiger partial charge on any atom is 0 e. The summed E-state index contributed by atoms with van der Waals surface area (Å²) in [6.07, 6.45) is 5.58. The monoisotopic (exact) mass is 207 g/mol. The summed E-state index contributed by atoms with van der Waals surface area (Å²) in [5.41, 5.74) is 0. The van der Waals surface area contributed by atoms with Crippen molar-refractivity contribution >= 4 is 0 Å². The van der Waals surface area contributed by atoms with E-state index < -0.39 is 0 Å². The van der Waals surface area contributed by atoms with Crippen molar-refractivity contribution in [3.63, 3.8) is 0 Å². The minimum atomic E-state index is 0. The molecular weight excluding hydrogens is 199 g/mol. The van der Waals surface area contributed by atoms with Gasteiger partial charge in [0.05, 0.1) is 0 Å². The molecule has 0 spiro atoms. The number of hydrogen-bond acceptors (Lipinski definition) is 0. The fourth-order valence-corrected chi connectivity index (χ4v) is 0.136. The molecule has 0 nitrogen and oxygen atoms in total. The Balaban J connectivity index is 0. The van der Waals surface area contributed by atoms with Crippen LogP contribution in [0.25, 0.3) is 0 Å². The summed E-state index contributed by atoms with van der Waals surface area (Å²) in [7, 11) is 0. The van der Waals surface area contributed by atoms with Crippen LogP contribution in [0.3, 0.4) is 0 Å². The topological polar surface area (TPSA) is 0 Å². The third kappa shape index (κ3) is 8.82. The van der Waals surface area contributed by atoms with E-state index in [0.29, 0.717) is 0 Å². The summed E-state index contributed by atoms with van der Waals surface area (Å²) in [6, 6.07) is 0. The summed E-state index contributed by atoms with van der Waals surface area (Å²) in [4.78, 5) is 0. The van der Waals surface area contributed by atoms with Gasteiger partial charge >= 0.3 is 0 Å². The quantitative estimate of drug-likeness (QED) is 0.574. The third-order valence-electron chi connectivity index (χ3n) is 0.329. The first-order valence-electron chi connectivity index (χ1n) is 1.65. The Morgan fingerprint density at radius 2 is 2.00 bits per heavy atom. The average molecular weight is 207 g/mol. The molecular formula is C5H8La.